The molecule has 2 aliphatic rings. The molecule has 0 spiro atoms. The monoisotopic (exact) mass is 396 g/mol. The van der Waals surface area contributed by atoms with Crippen molar-refractivity contribution in [3.05, 3.63) is 59.5 Å². The van der Waals surface area contributed by atoms with Crippen LogP contribution in [-0.4, -0.2) is 59.8 Å². The minimum absolute atomic E-state index is 0.0405. The summed E-state index contributed by atoms with van der Waals surface area (Å²) in [6.07, 6.45) is 2.15. The number of aryl methyl sites for hydroxylation is 1. The van der Waals surface area contributed by atoms with E-state index in [0.717, 1.165) is 16.8 Å². The zero-order chi connectivity index (χ0) is 20.4. The number of carbonyl (C=O) groups excluding carboxylic acids is 2. The molecule has 1 aromatic heterocycles. The fourth-order valence-electron chi connectivity index (χ4n) is 3.70. The van der Waals surface area contributed by atoms with Gasteiger partial charge in [-0.1, -0.05) is 29.8 Å². The van der Waals surface area contributed by atoms with Crippen molar-refractivity contribution in [2.45, 2.75) is 25.4 Å². The lowest BCUT2D eigenvalue weighted by atomic mass is 10.0. The maximum atomic E-state index is 13.2. The molecule has 2 unspecified atom stereocenters. The first-order valence-electron chi connectivity index (χ1n) is 9.64. The van der Waals surface area contributed by atoms with Gasteiger partial charge in [-0.15, -0.1) is 0 Å². The van der Waals surface area contributed by atoms with Gasteiger partial charge in [0.15, 0.2) is 0 Å². The van der Waals surface area contributed by atoms with Crippen molar-refractivity contribution in [1.82, 2.24) is 9.91 Å². The van der Waals surface area contributed by atoms with Crippen molar-refractivity contribution < 1.29 is 18.7 Å². The highest BCUT2D eigenvalue weighted by molar-refractivity contribution is 6.03. The van der Waals surface area contributed by atoms with Crippen LogP contribution in [0.25, 0.3) is 0 Å². The van der Waals surface area contributed by atoms with Crippen LogP contribution in [-0.2, 0) is 14.3 Å². The minimum atomic E-state index is -0.613. The summed E-state index contributed by atoms with van der Waals surface area (Å²) < 4.78 is 10.9. The van der Waals surface area contributed by atoms with Crippen LogP contribution in [0, 0.1) is 6.92 Å². The summed E-state index contributed by atoms with van der Waals surface area (Å²) in [4.78, 5) is 26.6. The number of benzene rings is 1. The first kappa shape index (κ1) is 19.4. The van der Waals surface area contributed by atoms with Gasteiger partial charge in [0.1, 0.15) is 17.8 Å². The second kappa shape index (κ2) is 8.18. The average Bonchev–Trinajstić information content (AvgIpc) is 3.38. The average molecular weight is 396 g/mol. The fourth-order valence-corrected chi connectivity index (χ4v) is 3.70. The third-order valence-corrected chi connectivity index (χ3v) is 5.33. The van der Waals surface area contributed by atoms with Gasteiger partial charge in [-0.3, -0.25) is 14.5 Å². The molecule has 1 fully saturated rings. The molecular formula is C21H24N4O4. The second-order valence-electron chi connectivity index (χ2n) is 7.35. The molecule has 3 heterocycles. The van der Waals surface area contributed by atoms with Crippen molar-refractivity contribution in [2.75, 3.05) is 26.3 Å². The maximum absolute atomic E-state index is 13.2. The predicted octanol–water partition coefficient (Wildman–Crippen LogP) is 1.45. The summed E-state index contributed by atoms with van der Waals surface area (Å²) in [5.41, 5.74) is 8.44. The molecule has 2 amide bonds. The molecule has 0 aliphatic carbocycles. The molecular weight excluding hydrogens is 372 g/mol. The van der Waals surface area contributed by atoms with E-state index in [1.807, 2.05) is 37.3 Å². The molecule has 29 heavy (non-hydrogen) atoms. The van der Waals surface area contributed by atoms with E-state index in [4.69, 9.17) is 14.9 Å². The predicted molar refractivity (Wildman–Crippen MR) is 106 cm³/mol. The summed E-state index contributed by atoms with van der Waals surface area (Å²) in [5.74, 6) is -0.0235. The highest BCUT2D eigenvalue weighted by Gasteiger charge is 2.37. The summed E-state index contributed by atoms with van der Waals surface area (Å²) in [5, 5.41) is 6.10. The van der Waals surface area contributed by atoms with E-state index in [0.29, 0.717) is 25.3 Å². The fraction of sp³-hybridized carbons (Fsp3) is 0.381. The van der Waals surface area contributed by atoms with Crippen molar-refractivity contribution in [3.8, 4) is 0 Å². The van der Waals surface area contributed by atoms with Crippen molar-refractivity contribution in [1.29, 1.82) is 0 Å². The molecule has 8 heteroatoms. The van der Waals surface area contributed by atoms with Crippen molar-refractivity contribution in [2.24, 2.45) is 10.8 Å². The molecule has 2 atom stereocenters. The Balaban J connectivity index is 1.58. The van der Waals surface area contributed by atoms with E-state index >= 15 is 0 Å². The van der Waals surface area contributed by atoms with Crippen LogP contribution in [0.1, 0.15) is 29.3 Å². The number of rotatable bonds is 5. The summed E-state index contributed by atoms with van der Waals surface area (Å²) >= 11 is 0. The van der Waals surface area contributed by atoms with E-state index in [-0.39, 0.29) is 25.1 Å². The summed E-state index contributed by atoms with van der Waals surface area (Å²) in [6.45, 7) is 3.18. The number of nitrogens with two attached hydrogens (primary N) is 1. The summed E-state index contributed by atoms with van der Waals surface area (Å²) in [7, 11) is 0. The topological polar surface area (TPSA) is 101 Å². The van der Waals surface area contributed by atoms with Crippen LogP contribution in [0.5, 0.6) is 0 Å². The molecule has 2 aromatic rings. The smallest absolute Gasteiger partial charge is 0.257 e. The number of hydrazone groups is 1. The molecule has 152 valence electrons. The lowest BCUT2D eigenvalue weighted by Gasteiger charge is -2.33. The standard InChI is InChI=1S/C21H24N4O4/c1-14-4-6-15(7-5-14)16-11-17(19-3-2-9-29-19)25(23-16)20(26)12-24-8-10-28-13-18(24)21(22)27/h2-7,9,17-18H,8,10-13H2,1H3,(H2,22,27). The number of hydrogen-bond acceptors (Lipinski definition) is 6. The highest BCUT2D eigenvalue weighted by atomic mass is 16.5. The quantitative estimate of drug-likeness (QED) is 0.824. The number of morpholine rings is 1. The van der Waals surface area contributed by atoms with Crippen LogP contribution in [0.3, 0.4) is 0 Å². The molecule has 1 saturated heterocycles. The highest BCUT2D eigenvalue weighted by Crippen LogP contribution is 2.33. The van der Waals surface area contributed by atoms with Crippen LogP contribution in [0.4, 0.5) is 0 Å². The molecule has 4 rings (SSSR count). The van der Waals surface area contributed by atoms with Gasteiger partial charge in [0.2, 0.25) is 5.91 Å². The number of furan rings is 1. The molecule has 2 aliphatic heterocycles. The second-order valence-corrected chi connectivity index (χ2v) is 7.35. The number of carbonyl (C=O) groups is 2. The van der Waals surface area contributed by atoms with Crippen LogP contribution in [0.15, 0.2) is 52.2 Å². The molecule has 8 nitrogen and oxygen atoms in total. The van der Waals surface area contributed by atoms with Gasteiger partial charge in [0.05, 0.1) is 31.7 Å². The Morgan fingerprint density at radius 1 is 1.24 bits per heavy atom. The third kappa shape index (κ3) is 4.08. The molecule has 2 N–H and O–H groups in total. The number of amides is 2. The van der Waals surface area contributed by atoms with E-state index in [1.54, 1.807) is 17.2 Å². The molecule has 0 bridgehead atoms. The number of hydrogen-bond donors (Lipinski definition) is 1. The van der Waals surface area contributed by atoms with Gasteiger partial charge < -0.3 is 14.9 Å². The van der Waals surface area contributed by atoms with Crippen molar-refractivity contribution in [3.63, 3.8) is 0 Å². The van der Waals surface area contributed by atoms with E-state index < -0.39 is 11.9 Å². The lowest BCUT2D eigenvalue weighted by molar-refractivity contribution is -0.140. The summed E-state index contributed by atoms with van der Waals surface area (Å²) in [6, 6.07) is 10.8. The van der Waals surface area contributed by atoms with Gasteiger partial charge in [0, 0.05) is 13.0 Å². The number of nitrogens with zero attached hydrogens (tertiary/aromatic N) is 3. The number of ether oxygens (including phenoxy) is 1. The van der Waals surface area contributed by atoms with Gasteiger partial charge in [-0.25, -0.2) is 5.01 Å². The molecule has 0 radical (unpaired) electrons. The normalized spacial score (nSPS) is 22.5. The maximum Gasteiger partial charge on any atom is 0.257 e. The Labute approximate surface area is 168 Å². The lowest BCUT2D eigenvalue weighted by Crippen LogP contribution is -2.55. The first-order chi connectivity index (χ1) is 14.0. The van der Waals surface area contributed by atoms with E-state index in [1.165, 1.54) is 5.01 Å². The first-order valence-corrected chi connectivity index (χ1v) is 9.64. The van der Waals surface area contributed by atoms with E-state index in [2.05, 4.69) is 5.10 Å². The zero-order valence-electron chi connectivity index (χ0n) is 16.3. The van der Waals surface area contributed by atoms with Crippen LogP contribution >= 0.6 is 0 Å². The van der Waals surface area contributed by atoms with Gasteiger partial charge >= 0.3 is 0 Å². The number of primary amides is 1. The third-order valence-electron chi connectivity index (χ3n) is 5.33. The SMILES string of the molecule is Cc1ccc(C2=NN(C(=O)CN3CCOCC3C(N)=O)C(c3ccco3)C2)cc1. The van der Waals surface area contributed by atoms with E-state index in [9.17, 15) is 9.59 Å². The van der Waals surface area contributed by atoms with Gasteiger partial charge in [0.25, 0.3) is 5.91 Å². The Morgan fingerprint density at radius 2 is 2.03 bits per heavy atom. The Hall–Kier alpha value is -2.97. The Morgan fingerprint density at radius 3 is 2.72 bits per heavy atom. The van der Waals surface area contributed by atoms with Crippen LogP contribution in [0.2, 0.25) is 0 Å². The largest absolute Gasteiger partial charge is 0.467 e. The zero-order valence-corrected chi connectivity index (χ0v) is 16.3. The molecule has 0 saturated carbocycles. The van der Waals surface area contributed by atoms with Crippen molar-refractivity contribution >= 4 is 17.5 Å². The molecule has 1 aromatic carbocycles. The van der Waals surface area contributed by atoms with Gasteiger partial charge in [-0.05, 0) is 24.6 Å². The van der Waals surface area contributed by atoms with Gasteiger partial charge in [-0.2, -0.15) is 5.10 Å². The van der Waals surface area contributed by atoms with Crippen LogP contribution < -0.4 is 5.73 Å². The Bertz CT molecular complexity index is 907. The minimum Gasteiger partial charge on any atom is -0.467 e. The Kier molecular flexibility index (Phi) is 5.46.